The minimum Gasteiger partial charge on any atom is -0.486 e. The topological polar surface area (TPSA) is 115 Å². The van der Waals surface area contributed by atoms with Gasteiger partial charge in [-0.3, -0.25) is 14.3 Å². The highest BCUT2D eigenvalue weighted by Crippen LogP contribution is 2.48. The number of hydrogen-bond acceptors (Lipinski definition) is 7. The number of carboxylic acids is 1. The third kappa shape index (κ3) is 3.56. The van der Waals surface area contributed by atoms with Crippen LogP contribution in [-0.2, 0) is 22.7 Å². The van der Waals surface area contributed by atoms with Crippen LogP contribution in [-0.4, -0.2) is 54.5 Å². The van der Waals surface area contributed by atoms with Crippen molar-refractivity contribution in [3.63, 3.8) is 0 Å². The number of hydrogen-bond donors (Lipinski definition) is 1. The summed E-state index contributed by atoms with van der Waals surface area (Å²) in [5, 5.41) is 17.1. The molecule has 1 amide bonds. The Morgan fingerprint density at radius 2 is 2.13 bits per heavy atom. The molecule has 1 saturated carbocycles. The van der Waals surface area contributed by atoms with Crippen LogP contribution in [0.15, 0.2) is 29.8 Å². The summed E-state index contributed by atoms with van der Waals surface area (Å²) >= 11 is 1.49. The highest BCUT2D eigenvalue weighted by molar-refractivity contribution is 7.09. The first-order valence-electron chi connectivity index (χ1n) is 9.99. The van der Waals surface area contributed by atoms with E-state index in [2.05, 4.69) is 10.1 Å². The molecule has 0 spiro atoms. The Kier molecular flexibility index (Phi) is 4.73. The molecule has 2 fully saturated rings. The van der Waals surface area contributed by atoms with Crippen LogP contribution in [0, 0.1) is 5.92 Å². The van der Waals surface area contributed by atoms with Crippen LogP contribution in [0.2, 0.25) is 0 Å². The van der Waals surface area contributed by atoms with E-state index in [9.17, 15) is 19.5 Å². The summed E-state index contributed by atoms with van der Waals surface area (Å²) in [6, 6.07) is 4.48. The molecule has 5 rings (SSSR count). The van der Waals surface area contributed by atoms with Gasteiger partial charge in [-0.25, -0.2) is 9.78 Å². The van der Waals surface area contributed by atoms with Gasteiger partial charge in [0.1, 0.15) is 35.6 Å². The number of carbonyl (C=O) groups is 3. The third-order valence-corrected chi connectivity index (χ3v) is 6.62. The van der Waals surface area contributed by atoms with E-state index >= 15 is 0 Å². The molecule has 31 heavy (non-hydrogen) atoms. The van der Waals surface area contributed by atoms with E-state index in [0.29, 0.717) is 29.7 Å². The zero-order chi connectivity index (χ0) is 21.7. The van der Waals surface area contributed by atoms with Gasteiger partial charge in [0.2, 0.25) is 5.91 Å². The van der Waals surface area contributed by atoms with Crippen molar-refractivity contribution in [1.82, 2.24) is 19.7 Å². The van der Waals surface area contributed by atoms with Crippen molar-refractivity contribution in [2.45, 2.75) is 45.0 Å². The molecular formula is C21H20N4O5S. The fourth-order valence-corrected chi connectivity index (χ4v) is 4.87. The van der Waals surface area contributed by atoms with Gasteiger partial charge in [-0.2, -0.15) is 5.10 Å². The van der Waals surface area contributed by atoms with E-state index in [-0.39, 0.29) is 35.9 Å². The highest BCUT2D eigenvalue weighted by Gasteiger charge is 2.56. The smallest absolute Gasteiger partial charge is 0.326 e. The molecule has 3 aromatic rings. The van der Waals surface area contributed by atoms with Gasteiger partial charge in [0.25, 0.3) is 0 Å². The number of thiazole rings is 1. The summed E-state index contributed by atoms with van der Waals surface area (Å²) < 4.78 is 7.26. The van der Waals surface area contributed by atoms with Crippen molar-refractivity contribution in [1.29, 1.82) is 0 Å². The fraction of sp³-hybridized carbons (Fsp3) is 0.381. The second kappa shape index (κ2) is 7.45. The molecule has 2 aliphatic rings. The zero-order valence-electron chi connectivity index (χ0n) is 16.7. The molecule has 3 heterocycles. The van der Waals surface area contributed by atoms with E-state index in [1.54, 1.807) is 24.4 Å². The molecule has 160 valence electrons. The number of Topliss-reactive ketones (excluding diaryl/α,β-unsaturated/α-hetero) is 1. The maximum absolute atomic E-state index is 13.0. The summed E-state index contributed by atoms with van der Waals surface area (Å²) in [5.74, 6) is -0.634. The molecule has 10 heteroatoms. The quantitative estimate of drug-likeness (QED) is 0.561. The lowest BCUT2D eigenvalue weighted by molar-refractivity contribution is -0.149. The SMILES string of the molecule is CC(=O)c1nn(CC(=O)N2[C@@H]3C[C@@H]3C[C@H]2C(=O)O)c2ccc(OCc3nccs3)cc12. The van der Waals surface area contributed by atoms with Crippen LogP contribution in [0.3, 0.4) is 0 Å². The van der Waals surface area contributed by atoms with E-state index < -0.39 is 12.0 Å². The molecule has 3 atom stereocenters. The number of carbonyl (C=O) groups excluding carboxylic acids is 2. The Hall–Kier alpha value is -3.27. The number of benzene rings is 1. The molecule has 1 aromatic carbocycles. The molecule has 1 N–H and O–H groups in total. The van der Waals surface area contributed by atoms with E-state index in [4.69, 9.17) is 4.74 Å². The largest absolute Gasteiger partial charge is 0.486 e. The first-order chi connectivity index (χ1) is 14.9. The molecule has 1 saturated heterocycles. The number of ether oxygens (including phenoxy) is 1. The van der Waals surface area contributed by atoms with E-state index in [1.165, 1.54) is 27.8 Å². The fourth-order valence-electron chi connectivity index (χ4n) is 4.34. The lowest BCUT2D eigenvalue weighted by Gasteiger charge is -2.24. The molecule has 0 radical (unpaired) electrons. The van der Waals surface area contributed by atoms with E-state index in [1.807, 2.05) is 5.38 Å². The third-order valence-electron chi connectivity index (χ3n) is 5.86. The summed E-state index contributed by atoms with van der Waals surface area (Å²) in [5.41, 5.74) is 0.876. The van der Waals surface area contributed by atoms with Crippen molar-refractivity contribution in [2.75, 3.05) is 0 Å². The number of amides is 1. The van der Waals surface area contributed by atoms with Crippen molar-refractivity contribution < 1.29 is 24.2 Å². The van der Waals surface area contributed by atoms with Crippen molar-refractivity contribution in [3.8, 4) is 5.75 Å². The van der Waals surface area contributed by atoms with Crippen LogP contribution >= 0.6 is 11.3 Å². The van der Waals surface area contributed by atoms with Gasteiger partial charge in [-0.15, -0.1) is 11.3 Å². The maximum atomic E-state index is 13.0. The summed E-state index contributed by atoms with van der Waals surface area (Å²) in [6.45, 7) is 1.63. The predicted molar refractivity (Wildman–Crippen MR) is 111 cm³/mol. The first-order valence-corrected chi connectivity index (χ1v) is 10.9. The van der Waals surface area contributed by atoms with Gasteiger partial charge in [0, 0.05) is 29.9 Å². The van der Waals surface area contributed by atoms with Crippen LogP contribution in [0.1, 0.15) is 35.3 Å². The number of likely N-dealkylation sites (tertiary alicyclic amines) is 1. The predicted octanol–water partition coefficient (Wildman–Crippen LogP) is 2.35. The van der Waals surface area contributed by atoms with Gasteiger partial charge in [-0.05, 0) is 37.0 Å². The molecular weight excluding hydrogens is 420 g/mol. The Balaban J connectivity index is 1.41. The number of ketones is 1. The molecule has 2 aromatic heterocycles. The number of carboxylic acid groups (broad SMARTS) is 1. The van der Waals surface area contributed by atoms with Crippen molar-refractivity contribution >= 4 is 39.9 Å². The summed E-state index contributed by atoms with van der Waals surface area (Å²) in [6.07, 6.45) is 3.07. The summed E-state index contributed by atoms with van der Waals surface area (Å²) in [4.78, 5) is 42.4. The van der Waals surface area contributed by atoms with Crippen molar-refractivity contribution in [2.24, 2.45) is 5.92 Å². The van der Waals surface area contributed by atoms with Crippen LogP contribution < -0.4 is 4.74 Å². The van der Waals surface area contributed by atoms with Crippen LogP contribution in [0.5, 0.6) is 5.75 Å². The Labute approximate surface area is 181 Å². The van der Waals surface area contributed by atoms with Crippen molar-refractivity contribution in [3.05, 3.63) is 40.5 Å². The summed E-state index contributed by atoms with van der Waals surface area (Å²) in [7, 11) is 0. The Morgan fingerprint density at radius 1 is 1.29 bits per heavy atom. The average Bonchev–Trinajstić information content (AvgIpc) is 3.12. The zero-order valence-corrected chi connectivity index (χ0v) is 17.5. The lowest BCUT2D eigenvalue weighted by Crippen LogP contribution is -2.44. The molecule has 9 nitrogen and oxygen atoms in total. The van der Waals surface area contributed by atoms with Gasteiger partial charge < -0.3 is 14.7 Å². The van der Waals surface area contributed by atoms with Gasteiger partial charge >= 0.3 is 5.97 Å². The van der Waals surface area contributed by atoms with E-state index in [0.717, 1.165) is 11.4 Å². The number of aliphatic carboxylic acids is 1. The molecule has 1 aliphatic carbocycles. The second-order valence-corrected chi connectivity index (χ2v) is 8.89. The normalized spacial score (nSPS) is 21.8. The number of aromatic nitrogens is 3. The van der Waals surface area contributed by atoms with Gasteiger partial charge in [0.05, 0.1) is 5.52 Å². The second-order valence-electron chi connectivity index (χ2n) is 7.91. The number of rotatable bonds is 7. The lowest BCUT2D eigenvalue weighted by atomic mass is 10.1. The monoisotopic (exact) mass is 440 g/mol. The Bertz CT molecular complexity index is 1190. The standard InChI is InChI=1S/C21H20N4O5S/c1-11(26)20-14-8-13(30-10-18-22-4-5-31-18)2-3-15(14)24(23-20)9-19(27)25-16-6-12(16)7-17(25)21(28)29/h2-5,8,12,16-17H,6-7,9-10H2,1H3,(H,28,29)/t12-,16-,17+/m1/s1. The number of fused-ring (bicyclic) bond motifs is 2. The highest BCUT2D eigenvalue weighted by atomic mass is 32.1. The minimum atomic E-state index is -0.975. The molecule has 0 unspecified atom stereocenters. The van der Waals surface area contributed by atoms with Crippen LogP contribution in [0.4, 0.5) is 0 Å². The Morgan fingerprint density at radius 3 is 2.84 bits per heavy atom. The van der Waals surface area contributed by atoms with Gasteiger partial charge in [0.15, 0.2) is 5.78 Å². The maximum Gasteiger partial charge on any atom is 0.326 e. The van der Waals surface area contributed by atoms with Gasteiger partial charge in [-0.1, -0.05) is 0 Å². The first kappa shape index (κ1) is 19.7. The number of nitrogens with zero attached hydrogens (tertiary/aromatic N) is 4. The number of piperidine rings is 1. The minimum absolute atomic E-state index is 0.00793. The molecule has 0 bridgehead atoms. The average molecular weight is 440 g/mol. The molecule has 1 aliphatic heterocycles. The van der Waals surface area contributed by atoms with Crippen LogP contribution in [0.25, 0.3) is 10.9 Å².